The number of methoxy groups -OCH3 is 1. The maximum Gasteiger partial charge on any atom is 0.335 e. The molecule has 2 aromatic rings. The molecule has 0 aliphatic rings. The van der Waals surface area contributed by atoms with Crippen molar-refractivity contribution in [1.29, 1.82) is 0 Å². The molecule has 0 aliphatic heterocycles. The summed E-state index contributed by atoms with van der Waals surface area (Å²) in [4.78, 5) is 4.18. The standard InChI is InChI=1S/C18H18Br2ClN3O3.C2H4/c1-10(6-14(20)17(25)11(2)19)15-8-22-18(24-23-15)27-9-12-7-13(21)4-5-16(12)26-3;1-2/h4-8,10,25H,9H2,1-3H3;1-2H2/b14-6+,17-11-;. The summed E-state index contributed by atoms with van der Waals surface area (Å²) in [5, 5.41) is 18.6. The molecular formula is C20H22Br2ClN3O3. The molecule has 6 nitrogen and oxygen atoms in total. The van der Waals surface area contributed by atoms with Crippen molar-refractivity contribution < 1.29 is 14.6 Å². The van der Waals surface area contributed by atoms with Crippen molar-refractivity contribution in [3.63, 3.8) is 0 Å². The average molecular weight is 548 g/mol. The molecule has 0 saturated heterocycles. The molecule has 0 saturated carbocycles. The fourth-order valence-electron chi connectivity index (χ4n) is 2.10. The van der Waals surface area contributed by atoms with Gasteiger partial charge in [0.2, 0.25) is 0 Å². The first-order valence-electron chi connectivity index (χ1n) is 8.39. The highest BCUT2D eigenvalue weighted by Gasteiger charge is 2.11. The van der Waals surface area contributed by atoms with Gasteiger partial charge in [0.15, 0.2) is 0 Å². The van der Waals surface area contributed by atoms with Crippen molar-refractivity contribution >= 4 is 43.5 Å². The zero-order valence-electron chi connectivity index (χ0n) is 16.3. The first kappa shape index (κ1) is 25.1. The third-order valence-electron chi connectivity index (χ3n) is 3.57. The SMILES string of the molecule is C=C.COc1ccc(Cl)cc1COc1ncc(C(C)/C=C(Br)\C(O)=C(/C)Br)nn1. The molecule has 1 N–H and O–H groups in total. The number of rotatable bonds is 7. The molecule has 156 valence electrons. The van der Waals surface area contributed by atoms with Crippen molar-refractivity contribution in [2.45, 2.75) is 26.4 Å². The van der Waals surface area contributed by atoms with Gasteiger partial charge in [0.05, 0.1) is 23.5 Å². The van der Waals surface area contributed by atoms with E-state index in [0.717, 1.165) is 5.56 Å². The number of allylic oxidation sites excluding steroid dienone is 3. The zero-order chi connectivity index (χ0) is 22.0. The summed E-state index contributed by atoms with van der Waals surface area (Å²) >= 11 is 12.6. The lowest BCUT2D eigenvalue weighted by Crippen LogP contribution is -2.05. The van der Waals surface area contributed by atoms with E-state index in [-0.39, 0.29) is 24.3 Å². The van der Waals surface area contributed by atoms with E-state index in [1.807, 2.05) is 13.0 Å². The maximum absolute atomic E-state index is 9.90. The number of aliphatic hydroxyl groups is 1. The Balaban J connectivity index is 0.00000204. The highest BCUT2D eigenvalue weighted by molar-refractivity contribution is 9.12. The third kappa shape index (κ3) is 7.79. The van der Waals surface area contributed by atoms with Gasteiger partial charge < -0.3 is 14.6 Å². The van der Waals surface area contributed by atoms with Gasteiger partial charge in [-0.1, -0.05) is 45.6 Å². The molecule has 9 heteroatoms. The third-order valence-corrected chi connectivity index (χ3v) is 4.82. The normalized spacial score (nSPS) is 13.0. The first-order valence-corrected chi connectivity index (χ1v) is 10.4. The zero-order valence-corrected chi connectivity index (χ0v) is 20.3. The van der Waals surface area contributed by atoms with Crippen LogP contribution in [0.3, 0.4) is 0 Å². The van der Waals surface area contributed by atoms with Gasteiger partial charge in [-0.05, 0) is 41.1 Å². The summed E-state index contributed by atoms with van der Waals surface area (Å²) in [6.45, 7) is 9.87. The predicted octanol–water partition coefficient (Wildman–Crippen LogP) is 6.48. The highest BCUT2D eigenvalue weighted by Crippen LogP contribution is 2.26. The average Bonchev–Trinajstić information content (AvgIpc) is 2.73. The minimum Gasteiger partial charge on any atom is -0.506 e. The Kier molecular flexibility index (Phi) is 10.9. The van der Waals surface area contributed by atoms with Gasteiger partial charge >= 0.3 is 6.01 Å². The summed E-state index contributed by atoms with van der Waals surface area (Å²) in [5.74, 6) is 0.677. The van der Waals surface area contributed by atoms with E-state index >= 15 is 0 Å². The van der Waals surface area contributed by atoms with Crippen LogP contribution in [0.4, 0.5) is 0 Å². The van der Waals surface area contributed by atoms with Gasteiger partial charge in [-0.15, -0.1) is 18.3 Å². The molecule has 0 spiro atoms. The van der Waals surface area contributed by atoms with Crippen LogP contribution in [0.5, 0.6) is 11.8 Å². The van der Waals surface area contributed by atoms with E-state index in [4.69, 9.17) is 21.1 Å². The monoisotopic (exact) mass is 545 g/mol. The predicted molar refractivity (Wildman–Crippen MR) is 123 cm³/mol. The van der Waals surface area contributed by atoms with Crippen LogP contribution in [0.2, 0.25) is 5.02 Å². The number of ether oxygens (including phenoxy) is 2. The van der Waals surface area contributed by atoms with Gasteiger partial charge in [0.1, 0.15) is 18.1 Å². The molecule has 0 radical (unpaired) electrons. The Hall–Kier alpha value is -1.90. The van der Waals surface area contributed by atoms with Gasteiger partial charge in [0.25, 0.3) is 0 Å². The molecule has 1 aromatic carbocycles. The first-order chi connectivity index (χ1) is 13.8. The van der Waals surface area contributed by atoms with Crippen molar-refractivity contribution in [3.8, 4) is 11.8 Å². The van der Waals surface area contributed by atoms with Crippen LogP contribution in [-0.2, 0) is 6.61 Å². The minimum absolute atomic E-state index is 0.115. The summed E-state index contributed by atoms with van der Waals surface area (Å²) in [6.07, 6.45) is 3.39. The molecule has 1 aromatic heterocycles. The lowest BCUT2D eigenvalue weighted by Gasteiger charge is -2.10. The van der Waals surface area contributed by atoms with Crippen LogP contribution in [0.1, 0.15) is 31.0 Å². The quantitative estimate of drug-likeness (QED) is 0.243. The number of aromatic nitrogens is 3. The molecular weight excluding hydrogens is 525 g/mol. The fraction of sp³-hybridized carbons (Fsp3) is 0.250. The molecule has 1 unspecified atom stereocenters. The smallest absolute Gasteiger partial charge is 0.335 e. The van der Waals surface area contributed by atoms with Crippen molar-refractivity contribution in [2.75, 3.05) is 7.11 Å². The van der Waals surface area contributed by atoms with Gasteiger partial charge in [-0.3, -0.25) is 0 Å². The molecule has 2 rings (SSSR count). The second kappa shape index (κ2) is 12.6. The summed E-state index contributed by atoms with van der Waals surface area (Å²) in [7, 11) is 1.58. The Morgan fingerprint density at radius 2 is 2.00 bits per heavy atom. The van der Waals surface area contributed by atoms with Gasteiger partial charge in [0, 0.05) is 21.0 Å². The molecule has 1 atom stereocenters. The maximum atomic E-state index is 9.90. The fourth-order valence-corrected chi connectivity index (χ4v) is 3.47. The molecule has 0 aliphatic carbocycles. The van der Waals surface area contributed by atoms with Crippen molar-refractivity contribution in [1.82, 2.24) is 15.2 Å². The van der Waals surface area contributed by atoms with Crippen LogP contribution >= 0.6 is 43.5 Å². The summed E-state index contributed by atoms with van der Waals surface area (Å²) in [6, 6.07) is 5.43. The number of hydrogen-bond acceptors (Lipinski definition) is 6. The molecule has 1 heterocycles. The van der Waals surface area contributed by atoms with E-state index in [0.29, 0.717) is 25.4 Å². The van der Waals surface area contributed by atoms with E-state index in [2.05, 4.69) is 60.2 Å². The molecule has 0 amide bonds. The van der Waals surface area contributed by atoms with E-state index in [1.165, 1.54) is 0 Å². The van der Waals surface area contributed by atoms with Crippen LogP contribution < -0.4 is 9.47 Å². The molecule has 0 bridgehead atoms. The Bertz CT molecular complexity index is 870. The number of benzene rings is 1. The highest BCUT2D eigenvalue weighted by atomic mass is 79.9. The topological polar surface area (TPSA) is 77.4 Å². The second-order valence-corrected chi connectivity index (χ2v) is 8.08. The van der Waals surface area contributed by atoms with Gasteiger partial charge in [-0.2, -0.15) is 0 Å². The van der Waals surface area contributed by atoms with Crippen molar-refractivity contribution in [2.24, 2.45) is 0 Å². The van der Waals surface area contributed by atoms with Crippen LogP contribution in [0, 0.1) is 0 Å². The minimum atomic E-state index is -0.115. The lowest BCUT2D eigenvalue weighted by molar-refractivity contribution is 0.269. The van der Waals surface area contributed by atoms with Crippen LogP contribution in [0.15, 0.2) is 58.4 Å². The van der Waals surface area contributed by atoms with Crippen LogP contribution in [-0.4, -0.2) is 27.4 Å². The van der Waals surface area contributed by atoms with E-state index < -0.39 is 0 Å². The summed E-state index contributed by atoms with van der Waals surface area (Å²) < 4.78 is 12.0. The number of halogens is 3. The van der Waals surface area contributed by atoms with Gasteiger partial charge in [-0.25, -0.2) is 4.98 Å². The Morgan fingerprint density at radius 1 is 1.31 bits per heavy atom. The molecule has 0 fully saturated rings. The second-order valence-electron chi connectivity index (χ2n) is 5.60. The van der Waals surface area contributed by atoms with E-state index in [9.17, 15) is 5.11 Å². The summed E-state index contributed by atoms with van der Waals surface area (Å²) in [5.41, 5.74) is 1.42. The van der Waals surface area contributed by atoms with E-state index in [1.54, 1.807) is 38.4 Å². The van der Waals surface area contributed by atoms with Crippen LogP contribution in [0.25, 0.3) is 0 Å². The largest absolute Gasteiger partial charge is 0.506 e. The lowest BCUT2D eigenvalue weighted by atomic mass is 10.1. The number of hydrogen-bond donors (Lipinski definition) is 1. The number of nitrogens with zero attached hydrogens (tertiary/aromatic N) is 3. The molecule has 29 heavy (non-hydrogen) atoms. The number of aliphatic hydroxyl groups excluding tert-OH is 1. The Labute approximate surface area is 192 Å². The Morgan fingerprint density at radius 3 is 2.55 bits per heavy atom. The van der Waals surface area contributed by atoms with Crippen molar-refractivity contribution in [3.05, 3.63) is 74.6 Å².